The van der Waals surface area contributed by atoms with Gasteiger partial charge < -0.3 is 19.2 Å². The summed E-state index contributed by atoms with van der Waals surface area (Å²) in [5.41, 5.74) is 0. The predicted molar refractivity (Wildman–Crippen MR) is 102 cm³/mol. The smallest absolute Gasteiger partial charge is 0.484 e. The van der Waals surface area contributed by atoms with Crippen LogP contribution in [0.1, 0.15) is 37.5 Å². The van der Waals surface area contributed by atoms with Gasteiger partial charge in [0.25, 0.3) is 5.91 Å². The van der Waals surface area contributed by atoms with Gasteiger partial charge in [-0.15, -0.1) is 18.3 Å². The molecule has 31 heavy (non-hydrogen) atoms. The number of ether oxygens (including phenoxy) is 3. The minimum Gasteiger partial charge on any atom is -0.484 e. The number of halogens is 4. The van der Waals surface area contributed by atoms with Crippen molar-refractivity contribution in [3.05, 3.63) is 35.2 Å². The zero-order valence-electron chi connectivity index (χ0n) is 16.4. The van der Waals surface area contributed by atoms with Gasteiger partial charge in [0.15, 0.2) is 6.61 Å². The highest BCUT2D eigenvalue weighted by atomic mass is 35.5. The number of aromatic nitrogens is 2. The highest BCUT2D eigenvalue weighted by molar-refractivity contribution is 6.30. The fourth-order valence-electron chi connectivity index (χ4n) is 3.16. The molecule has 1 aliphatic carbocycles. The summed E-state index contributed by atoms with van der Waals surface area (Å²) in [7, 11) is 0. The molecule has 0 aliphatic heterocycles. The molecule has 1 fully saturated rings. The van der Waals surface area contributed by atoms with Crippen LogP contribution in [0, 0.1) is 0 Å². The van der Waals surface area contributed by atoms with Gasteiger partial charge in [-0.25, -0.2) is 0 Å². The van der Waals surface area contributed by atoms with E-state index in [0.717, 1.165) is 12.8 Å². The quantitative estimate of drug-likeness (QED) is 0.564. The Balaban J connectivity index is 1.35. The van der Waals surface area contributed by atoms with Crippen LogP contribution in [0.25, 0.3) is 0 Å². The summed E-state index contributed by atoms with van der Waals surface area (Å²) in [4.78, 5) is 12.1. The molecule has 8 nitrogen and oxygen atoms in total. The molecule has 2 aromatic rings. The van der Waals surface area contributed by atoms with Gasteiger partial charge in [0, 0.05) is 17.0 Å². The van der Waals surface area contributed by atoms with Crippen LogP contribution in [0.3, 0.4) is 0 Å². The molecule has 0 unspecified atom stereocenters. The molecule has 0 radical (unpaired) electrons. The van der Waals surface area contributed by atoms with Crippen LogP contribution < -0.4 is 14.8 Å². The zero-order chi connectivity index (χ0) is 22.3. The second-order valence-corrected chi connectivity index (χ2v) is 7.34. The van der Waals surface area contributed by atoms with Crippen molar-refractivity contribution < 1.29 is 36.6 Å². The van der Waals surface area contributed by atoms with Crippen molar-refractivity contribution in [2.75, 3.05) is 19.8 Å². The monoisotopic (exact) mass is 463 g/mol. The minimum absolute atomic E-state index is 0.00487. The highest BCUT2D eigenvalue weighted by Gasteiger charge is 2.29. The molecule has 1 aromatic heterocycles. The fraction of sp³-hybridized carbons (Fsp3) is 0.526. The first kappa shape index (κ1) is 23.1. The van der Waals surface area contributed by atoms with Gasteiger partial charge in [-0.1, -0.05) is 16.7 Å². The van der Waals surface area contributed by atoms with Gasteiger partial charge in [-0.05, 0) is 49.9 Å². The van der Waals surface area contributed by atoms with E-state index in [2.05, 4.69) is 20.3 Å². The molecule has 1 aromatic carbocycles. The number of benzene rings is 1. The fourth-order valence-corrected chi connectivity index (χ4v) is 3.29. The number of nitrogens with zero attached hydrogens (tertiary/aromatic N) is 2. The van der Waals surface area contributed by atoms with E-state index in [1.165, 1.54) is 0 Å². The lowest BCUT2D eigenvalue weighted by Crippen LogP contribution is -2.39. The van der Waals surface area contributed by atoms with E-state index >= 15 is 0 Å². The van der Waals surface area contributed by atoms with E-state index in [0.29, 0.717) is 29.5 Å². The third-order valence-electron chi connectivity index (χ3n) is 4.62. The summed E-state index contributed by atoms with van der Waals surface area (Å²) in [5.74, 6) is 0.702. The Labute approximate surface area is 181 Å². The predicted octanol–water partition coefficient (Wildman–Crippen LogP) is 3.86. The summed E-state index contributed by atoms with van der Waals surface area (Å²) >= 11 is 5.80. The van der Waals surface area contributed by atoms with Crippen LogP contribution in [0.4, 0.5) is 13.2 Å². The minimum atomic E-state index is -4.71. The summed E-state index contributed by atoms with van der Waals surface area (Å²) in [5, 5.41) is 11.1. The van der Waals surface area contributed by atoms with Crippen molar-refractivity contribution in [3.63, 3.8) is 0 Å². The largest absolute Gasteiger partial charge is 0.522 e. The maximum absolute atomic E-state index is 12.1. The van der Waals surface area contributed by atoms with Crippen molar-refractivity contribution in [3.8, 4) is 11.8 Å². The third kappa shape index (κ3) is 7.91. The number of amides is 1. The molecule has 1 aliphatic rings. The number of nitrogens with one attached hydrogen (secondary N) is 1. The zero-order valence-corrected chi connectivity index (χ0v) is 17.1. The normalized spacial score (nSPS) is 19.1. The van der Waals surface area contributed by atoms with Gasteiger partial charge in [0.2, 0.25) is 5.89 Å². The molecule has 3 rings (SSSR count). The highest BCUT2D eigenvalue weighted by Crippen LogP contribution is 2.33. The molecule has 1 heterocycles. The van der Waals surface area contributed by atoms with E-state index < -0.39 is 13.0 Å². The Bertz CT molecular complexity index is 839. The molecule has 12 heteroatoms. The number of alkyl halides is 3. The van der Waals surface area contributed by atoms with Crippen molar-refractivity contribution in [2.24, 2.45) is 0 Å². The lowest BCUT2D eigenvalue weighted by atomic mass is 9.86. The van der Waals surface area contributed by atoms with Crippen molar-refractivity contribution in [2.45, 2.75) is 44.0 Å². The molecule has 0 bridgehead atoms. The number of carbonyl (C=O) groups excluding carboxylic acids is 1. The number of rotatable bonds is 9. The lowest BCUT2D eigenvalue weighted by molar-refractivity contribution is -0.325. The van der Waals surface area contributed by atoms with Crippen LogP contribution in [0.5, 0.6) is 11.8 Å². The Kier molecular flexibility index (Phi) is 7.97. The standard InChI is InChI=1S/C19H21ClF3N3O5/c20-13-3-7-15(8-4-13)29-11-16(27)24-14-5-1-12(2-6-14)17-25-26-18(31-17)28-9-10-30-19(21,22)23/h3-4,7-8,12,14H,1-2,5-6,9-11H2,(H,24,27). The molecule has 1 amide bonds. The second-order valence-electron chi connectivity index (χ2n) is 6.91. The molecule has 1 saturated carbocycles. The van der Waals surface area contributed by atoms with E-state index in [1.807, 2.05) is 0 Å². The summed E-state index contributed by atoms with van der Waals surface area (Å²) in [6.07, 6.45) is -2.05. The van der Waals surface area contributed by atoms with Gasteiger partial charge in [-0.3, -0.25) is 9.53 Å². The van der Waals surface area contributed by atoms with E-state index in [1.54, 1.807) is 24.3 Å². The molecule has 0 atom stereocenters. The van der Waals surface area contributed by atoms with Crippen LogP contribution in [-0.4, -0.2) is 48.3 Å². The average Bonchev–Trinajstić information content (AvgIpc) is 3.20. The van der Waals surface area contributed by atoms with Crippen molar-refractivity contribution >= 4 is 17.5 Å². The second kappa shape index (κ2) is 10.7. The van der Waals surface area contributed by atoms with Gasteiger partial charge in [-0.2, -0.15) is 0 Å². The Hall–Kier alpha value is -2.53. The first-order valence-electron chi connectivity index (χ1n) is 9.63. The summed E-state index contributed by atoms with van der Waals surface area (Å²) in [6, 6.07) is 6.75. The molecule has 0 spiro atoms. The molecule has 0 saturated heterocycles. The Morgan fingerprint density at radius 1 is 1.10 bits per heavy atom. The topological polar surface area (TPSA) is 95.7 Å². The molecule has 1 N–H and O–H groups in total. The van der Waals surface area contributed by atoms with Crippen LogP contribution in [0.2, 0.25) is 5.02 Å². The van der Waals surface area contributed by atoms with Crippen LogP contribution in [0.15, 0.2) is 28.7 Å². The maximum Gasteiger partial charge on any atom is 0.522 e. The van der Waals surface area contributed by atoms with Crippen LogP contribution >= 0.6 is 11.6 Å². The Morgan fingerprint density at radius 3 is 2.48 bits per heavy atom. The van der Waals surface area contributed by atoms with E-state index in [9.17, 15) is 18.0 Å². The SMILES string of the molecule is O=C(COc1ccc(Cl)cc1)NC1CCC(c2nnc(OCCOC(F)(F)F)o2)CC1. The summed E-state index contributed by atoms with van der Waals surface area (Å²) in [6.45, 7) is -1.13. The van der Waals surface area contributed by atoms with Crippen molar-refractivity contribution in [1.82, 2.24) is 15.5 Å². The van der Waals surface area contributed by atoms with Gasteiger partial charge in [0.05, 0.1) is 6.61 Å². The number of hydrogen-bond acceptors (Lipinski definition) is 7. The lowest BCUT2D eigenvalue weighted by Gasteiger charge is -2.27. The average molecular weight is 464 g/mol. The third-order valence-corrected chi connectivity index (χ3v) is 4.87. The maximum atomic E-state index is 12.1. The van der Waals surface area contributed by atoms with Gasteiger partial charge >= 0.3 is 12.4 Å². The molecular weight excluding hydrogens is 443 g/mol. The number of carbonyl (C=O) groups is 1. The number of hydrogen-bond donors (Lipinski definition) is 1. The van der Waals surface area contributed by atoms with E-state index in [-0.39, 0.29) is 37.2 Å². The van der Waals surface area contributed by atoms with Crippen LogP contribution in [-0.2, 0) is 9.53 Å². The first-order chi connectivity index (χ1) is 14.8. The molecule has 170 valence electrons. The first-order valence-corrected chi connectivity index (χ1v) is 10.0. The van der Waals surface area contributed by atoms with Crippen molar-refractivity contribution in [1.29, 1.82) is 0 Å². The Morgan fingerprint density at radius 2 is 1.81 bits per heavy atom. The van der Waals surface area contributed by atoms with E-state index in [4.69, 9.17) is 25.5 Å². The molecular formula is C19H21ClF3N3O5. The van der Waals surface area contributed by atoms with Gasteiger partial charge in [0.1, 0.15) is 12.4 Å². The summed E-state index contributed by atoms with van der Waals surface area (Å²) < 4.78 is 55.1.